The second kappa shape index (κ2) is 39.8. The van der Waals surface area contributed by atoms with Crippen molar-refractivity contribution in [3.63, 3.8) is 0 Å². The molecule has 0 aliphatic carbocycles. The summed E-state index contributed by atoms with van der Waals surface area (Å²) in [6.07, 6.45) is 40.9. The first-order valence-corrected chi connectivity index (χ1v) is 23.9. The van der Waals surface area contributed by atoms with Gasteiger partial charge >= 0.3 is 25.7 Å². The molecule has 0 aliphatic rings. The summed E-state index contributed by atoms with van der Waals surface area (Å²) in [5.74, 6) is -2.39. The number of allylic oxidation sites excluding steroid dienone is 4. The summed E-state index contributed by atoms with van der Waals surface area (Å²) in [4.78, 5) is 46.0. The van der Waals surface area contributed by atoms with Crippen molar-refractivity contribution in [2.45, 2.75) is 219 Å². The van der Waals surface area contributed by atoms with Crippen molar-refractivity contribution in [2.75, 3.05) is 19.8 Å². The first kappa shape index (κ1) is 54.0. The van der Waals surface area contributed by atoms with E-state index in [1.807, 2.05) is 0 Å². The summed E-state index contributed by atoms with van der Waals surface area (Å²) in [5.41, 5.74) is 5.33. The normalized spacial score (nSPS) is 13.9. The van der Waals surface area contributed by atoms with E-state index >= 15 is 0 Å². The minimum atomic E-state index is -4.72. The van der Waals surface area contributed by atoms with Gasteiger partial charge in [0.05, 0.1) is 13.2 Å². The van der Waals surface area contributed by atoms with Crippen LogP contribution in [0.25, 0.3) is 0 Å². The van der Waals surface area contributed by atoms with Gasteiger partial charge in [0.15, 0.2) is 6.10 Å². The van der Waals surface area contributed by atoms with Gasteiger partial charge in [0.1, 0.15) is 12.6 Å². The van der Waals surface area contributed by atoms with E-state index in [1.165, 1.54) is 122 Å². The molecule has 0 aromatic rings. The molecule has 4 N–H and O–H groups in total. The van der Waals surface area contributed by atoms with Crippen LogP contribution < -0.4 is 5.73 Å². The van der Waals surface area contributed by atoms with Gasteiger partial charge in [-0.1, -0.05) is 154 Å². The summed E-state index contributed by atoms with van der Waals surface area (Å²) in [6.45, 7) is 2.79. The standard InChI is InChI=1S/C44H82NO10P/c1-3-5-7-9-11-13-15-17-19-20-22-24-26-28-30-32-34-36-43(47)55-40(38-53-56(50,51)54-39-41(45)44(48)49)37-52-42(46)35-33-31-29-27-25-23-21-18-16-14-12-10-8-6-4-2/h13,15,23,25,40-41H,3-12,14,16-22,24,26-39,45H2,1-2H3,(H,48,49)(H,50,51)/b15-13+,25-23+/t40-,41+/m1/s1. The SMILES string of the molecule is CCCCCC/C=C/CCCCCCCCCCCC(=O)O[C@H](COC(=O)CCCCC/C=C/CCCCCCCCCC)COP(=O)(O)OC[C@H](N)C(=O)O. The van der Waals surface area contributed by atoms with Gasteiger partial charge in [-0.05, 0) is 64.2 Å². The molecule has 0 saturated heterocycles. The van der Waals surface area contributed by atoms with Crippen LogP contribution in [0, 0.1) is 0 Å². The van der Waals surface area contributed by atoms with Crippen molar-refractivity contribution in [1.82, 2.24) is 0 Å². The molecule has 0 aromatic heterocycles. The van der Waals surface area contributed by atoms with Crippen molar-refractivity contribution < 1.29 is 47.5 Å². The smallest absolute Gasteiger partial charge is 0.472 e. The minimum Gasteiger partial charge on any atom is -0.480 e. The maximum atomic E-state index is 12.6. The van der Waals surface area contributed by atoms with Crippen LogP contribution in [0.15, 0.2) is 24.3 Å². The molecule has 11 nitrogen and oxygen atoms in total. The monoisotopic (exact) mass is 816 g/mol. The average Bonchev–Trinajstić information content (AvgIpc) is 3.17. The molecule has 3 atom stereocenters. The number of aliphatic carboxylic acids is 1. The fraction of sp³-hybridized carbons (Fsp3) is 0.841. The van der Waals surface area contributed by atoms with Crippen molar-refractivity contribution >= 4 is 25.7 Å². The van der Waals surface area contributed by atoms with Crippen LogP contribution in [0.2, 0.25) is 0 Å². The quantitative estimate of drug-likeness (QED) is 0.0232. The fourth-order valence-corrected chi connectivity index (χ4v) is 6.89. The van der Waals surface area contributed by atoms with E-state index in [9.17, 15) is 23.8 Å². The molecule has 0 saturated carbocycles. The number of carbonyl (C=O) groups is 3. The predicted molar refractivity (Wildman–Crippen MR) is 226 cm³/mol. The zero-order valence-electron chi connectivity index (χ0n) is 35.5. The highest BCUT2D eigenvalue weighted by Gasteiger charge is 2.28. The number of unbranched alkanes of at least 4 members (excludes halogenated alkanes) is 24. The summed E-state index contributed by atoms with van der Waals surface area (Å²) in [7, 11) is -4.72. The third-order valence-corrected chi connectivity index (χ3v) is 10.6. The Hall–Kier alpha value is -2.04. The van der Waals surface area contributed by atoms with Crippen molar-refractivity contribution in [3.05, 3.63) is 24.3 Å². The van der Waals surface area contributed by atoms with E-state index < -0.39 is 51.1 Å². The van der Waals surface area contributed by atoms with E-state index in [0.717, 1.165) is 44.9 Å². The molecule has 56 heavy (non-hydrogen) atoms. The highest BCUT2D eigenvalue weighted by molar-refractivity contribution is 7.47. The first-order valence-electron chi connectivity index (χ1n) is 22.4. The minimum absolute atomic E-state index is 0.158. The molecule has 0 amide bonds. The number of phosphoric acid groups is 1. The van der Waals surface area contributed by atoms with E-state index in [4.69, 9.17) is 24.8 Å². The number of carboxylic acids is 1. The van der Waals surface area contributed by atoms with Crippen LogP contribution >= 0.6 is 7.82 Å². The predicted octanol–water partition coefficient (Wildman–Crippen LogP) is 11.8. The summed E-state index contributed by atoms with van der Waals surface area (Å²) >= 11 is 0. The third kappa shape index (κ3) is 38.8. The zero-order chi connectivity index (χ0) is 41.4. The Morgan fingerprint density at radius 1 is 0.536 bits per heavy atom. The average molecular weight is 816 g/mol. The van der Waals surface area contributed by atoms with Gasteiger partial charge in [-0.25, -0.2) is 4.57 Å². The van der Waals surface area contributed by atoms with Gasteiger partial charge in [-0.15, -0.1) is 0 Å². The molecule has 0 fully saturated rings. The number of esters is 2. The van der Waals surface area contributed by atoms with E-state index in [2.05, 4.69) is 42.7 Å². The van der Waals surface area contributed by atoms with Gasteiger partial charge in [-0.2, -0.15) is 0 Å². The van der Waals surface area contributed by atoms with Crippen LogP contribution in [0.4, 0.5) is 0 Å². The lowest BCUT2D eigenvalue weighted by atomic mass is 10.1. The number of carboxylic acid groups (broad SMARTS) is 1. The van der Waals surface area contributed by atoms with Crippen molar-refractivity contribution in [2.24, 2.45) is 5.73 Å². The van der Waals surface area contributed by atoms with Crippen molar-refractivity contribution in [3.8, 4) is 0 Å². The number of rotatable bonds is 42. The number of phosphoric ester groups is 1. The molecular formula is C44H82NO10P. The first-order chi connectivity index (χ1) is 27.1. The summed E-state index contributed by atoms with van der Waals surface area (Å²) in [6, 6.07) is -1.52. The lowest BCUT2D eigenvalue weighted by Gasteiger charge is -2.20. The molecule has 0 bridgehead atoms. The molecule has 1 unspecified atom stereocenters. The topological polar surface area (TPSA) is 172 Å². The van der Waals surface area contributed by atoms with E-state index in [1.54, 1.807) is 0 Å². The van der Waals surface area contributed by atoms with Gasteiger partial charge in [0.2, 0.25) is 0 Å². The lowest BCUT2D eigenvalue weighted by molar-refractivity contribution is -0.161. The lowest BCUT2D eigenvalue weighted by Crippen LogP contribution is -2.34. The largest absolute Gasteiger partial charge is 0.480 e. The Balaban J connectivity index is 4.35. The molecule has 0 spiro atoms. The Labute approximate surface area is 340 Å². The molecular weight excluding hydrogens is 733 g/mol. The molecule has 0 aromatic carbocycles. The Bertz CT molecular complexity index is 1050. The highest BCUT2D eigenvalue weighted by Crippen LogP contribution is 2.43. The Morgan fingerprint density at radius 2 is 0.893 bits per heavy atom. The maximum absolute atomic E-state index is 12.6. The van der Waals surface area contributed by atoms with Gasteiger partial charge in [0.25, 0.3) is 0 Å². The van der Waals surface area contributed by atoms with Crippen LogP contribution in [0.3, 0.4) is 0 Å². The fourth-order valence-electron chi connectivity index (χ4n) is 6.11. The number of hydrogen-bond donors (Lipinski definition) is 3. The summed E-state index contributed by atoms with van der Waals surface area (Å²) < 4.78 is 32.7. The molecule has 12 heteroatoms. The van der Waals surface area contributed by atoms with E-state index in [0.29, 0.717) is 12.8 Å². The third-order valence-electron chi connectivity index (χ3n) is 9.67. The second-order valence-electron chi connectivity index (χ2n) is 15.2. The molecule has 0 heterocycles. The summed E-state index contributed by atoms with van der Waals surface area (Å²) in [5, 5.41) is 8.89. The zero-order valence-corrected chi connectivity index (χ0v) is 36.4. The van der Waals surface area contributed by atoms with Gasteiger partial charge in [0, 0.05) is 12.8 Å². The molecule has 0 radical (unpaired) electrons. The number of carbonyl (C=O) groups excluding carboxylic acids is 2. The number of hydrogen-bond acceptors (Lipinski definition) is 9. The maximum Gasteiger partial charge on any atom is 0.472 e. The Morgan fingerprint density at radius 3 is 1.34 bits per heavy atom. The van der Waals surface area contributed by atoms with Crippen LogP contribution in [-0.2, 0) is 37.5 Å². The highest BCUT2D eigenvalue weighted by atomic mass is 31.2. The van der Waals surface area contributed by atoms with Crippen LogP contribution in [-0.4, -0.2) is 59.9 Å². The number of ether oxygens (including phenoxy) is 2. The van der Waals surface area contributed by atoms with Crippen LogP contribution in [0.5, 0.6) is 0 Å². The van der Waals surface area contributed by atoms with Gasteiger partial charge in [-0.3, -0.25) is 23.4 Å². The van der Waals surface area contributed by atoms with Crippen LogP contribution in [0.1, 0.15) is 206 Å². The number of nitrogens with two attached hydrogens (primary N) is 1. The van der Waals surface area contributed by atoms with Crippen molar-refractivity contribution in [1.29, 1.82) is 0 Å². The molecule has 0 rings (SSSR count). The molecule has 328 valence electrons. The second-order valence-corrected chi connectivity index (χ2v) is 16.6. The van der Waals surface area contributed by atoms with Gasteiger partial charge < -0.3 is 25.2 Å². The Kier molecular flexibility index (Phi) is 38.3. The van der Waals surface area contributed by atoms with E-state index in [-0.39, 0.29) is 19.4 Å². The molecule has 0 aliphatic heterocycles.